The molecule has 0 aliphatic rings. The van der Waals surface area contributed by atoms with E-state index in [-0.39, 0.29) is 0 Å². The van der Waals surface area contributed by atoms with Gasteiger partial charge in [-0.2, -0.15) is 5.10 Å². The number of nitrogens with zero attached hydrogens (tertiary/aromatic N) is 1. The van der Waals surface area contributed by atoms with Gasteiger partial charge in [-0.25, -0.2) is 0 Å². The molecule has 0 bridgehead atoms. The van der Waals surface area contributed by atoms with E-state index >= 15 is 0 Å². The first-order chi connectivity index (χ1) is 7.00. The zero-order valence-electron chi connectivity index (χ0n) is 8.39. The average Bonchev–Trinajstić information content (AvgIpc) is 2.08. The molecule has 1 aromatic rings. The standard InChI is InChI=1S/C10H11Cl3N2/c1-6(2)5-14-15-10-8(12)3-7(11)4-9(10)13/h3-6,15H,1-2H3/b14-5+. The molecule has 82 valence electrons. The van der Waals surface area contributed by atoms with Gasteiger partial charge in [0, 0.05) is 11.2 Å². The minimum Gasteiger partial charge on any atom is -0.276 e. The molecule has 2 nitrogen and oxygen atoms in total. The van der Waals surface area contributed by atoms with Crippen molar-refractivity contribution in [2.45, 2.75) is 13.8 Å². The Morgan fingerprint density at radius 1 is 1.20 bits per heavy atom. The largest absolute Gasteiger partial charge is 0.276 e. The highest BCUT2D eigenvalue weighted by molar-refractivity contribution is 6.41. The van der Waals surface area contributed by atoms with Gasteiger partial charge >= 0.3 is 0 Å². The maximum atomic E-state index is 5.94. The van der Waals surface area contributed by atoms with Crippen LogP contribution in [0.15, 0.2) is 17.2 Å². The molecule has 5 heteroatoms. The fourth-order valence-electron chi connectivity index (χ4n) is 0.900. The normalized spacial score (nSPS) is 11.3. The van der Waals surface area contributed by atoms with E-state index in [0.717, 1.165) is 0 Å². The molecule has 0 amide bonds. The molecule has 0 aliphatic carbocycles. The Kier molecular flexibility index (Phi) is 4.71. The Morgan fingerprint density at radius 3 is 2.20 bits per heavy atom. The highest BCUT2D eigenvalue weighted by Gasteiger charge is 2.06. The van der Waals surface area contributed by atoms with Crippen molar-refractivity contribution in [3.8, 4) is 0 Å². The summed E-state index contributed by atoms with van der Waals surface area (Å²) >= 11 is 17.7. The molecule has 0 atom stereocenters. The number of nitrogens with one attached hydrogen (secondary N) is 1. The van der Waals surface area contributed by atoms with E-state index in [1.54, 1.807) is 18.3 Å². The molecule has 0 heterocycles. The summed E-state index contributed by atoms with van der Waals surface area (Å²) in [5, 5.41) is 5.41. The second-order valence-electron chi connectivity index (χ2n) is 3.38. The van der Waals surface area contributed by atoms with Gasteiger partial charge in [0.2, 0.25) is 0 Å². The second-order valence-corrected chi connectivity index (χ2v) is 4.63. The first-order valence-corrected chi connectivity index (χ1v) is 5.58. The minimum absolute atomic E-state index is 0.363. The zero-order chi connectivity index (χ0) is 11.4. The Hall–Kier alpha value is -0.440. The molecule has 1 rings (SSSR count). The lowest BCUT2D eigenvalue weighted by Gasteiger charge is -2.06. The van der Waals surface area contributed by atoms with E-state index < -0.39 is 0 Å². The molecule has 0 saturated carbocycles. The maximum absolute atomic E-state index is 5.94. The molecule has 0 spiro atoms. The lowest BCUT2D eigenvalue weighted by Crippen LogP contribution is -1.95. The van der Waals surface area contributed by atoms with Crippen LogP contribution < -0.4 is 5.43 Å². The van der Waals surface area contributed by atoms with Crippen LogP contribution in [0.4, 0.5) is 5.69 Å². The van der Waals surface area contributed by atoms with Gasteiger partial charge in [-0.3, -0.25) is 5.43 Å². The number of hydrogen-bond donors (Lipinski definition) is 1. The number of hydrazone groups is 1. The Balaban J connectivity index is 2.86. The highest BCUT2D eigenvalue weighted by Crippen LogP contribution is 2.33. The van der Waals surface area contributed by atoms with E-state index in [1.807, 2.05) is 13.8 Å². The summed E-state index contributed by atoms with van der Waals surface area (Å²) in [6, 6.07) is 3.23. The van der Waals surface area contributed by atoms with Gasteiger partial charge in [0.15, 0.2) is 0 Å². The number of rotatable bonds is 3. The number of halogens is 3. The Bertz CT molecular complexity index is 352. The van der Waals surface area contributed by atoms with E-state index in [9.17, 15) is 0 Å². The molecule has 15 heavy (non-hydrogen) atoms. The molecule has 0 fully saturated rings. The zero-order valence-corrected chi connectivity index (χ0v) is 10.7. The number of anilines is 1. The number of hydrogen-bond acceptors (Lipinski definition) is 2. The highest BCUT2D eigenvalue weighted by atomic mass is 35.5. The van der Waals surface area contributed by atoms with Gasteiger partial charge in [-0.05, 0) is 18.1 Å². The van der Waals surface area contributed by atoms with Crippen LogP contribution >= 0.6 is 34.8 Å². The summed E-state index contributed by atoms with van der Waals surface area (Å²) in [4.78, 5) is 0. The smallest absolute Gasteiger partial charge is 0.0935 e. The van der Waals surface area contributed by atoms with E-state index in [0.29, 0.717) is 26.7 Å². The van der Waals surface area contributed by atoms with Gasteiger partial charge in [-0.1, -0.05) is 48.7 Å². The van der Waals surface area contributed by atoms with Crippen molar-refractivity contribution in [2.75, 3.05) is 5.43 Å². The van der Waals surface area contributed by atoms with Crippen LogP contribution in [0.3, 0.4) is 0 Å². The van der Waals surface area contributed by atoms with Crippen molar-refractivity contribution in [2.24, 2.45) is 11.0 Å². The van der Waals surface area contributed by atoms with E-state index in [2.05, 4.69) is 10.5 Å². The van der Waals surface area contributed by atoms with Crippen LogP contribution in [-0.2, 0) is 0 Å². The second kappa shape index (κ2) is 5.59. The number of benzene rings is 1. The molecule has 0 radical (unpaired) electrons. The Labute approximate surface area is 104 Å². The molecular weight excluding hydrogens is 254 g/mol. The van der Waals surface area contributed by atoms with Gasteiger partial charge in [0.05, 0.1) is 15.7 Å². The van der Waals surface area contributed by atoms with Crippen molar-refractivity contribution < 1.29 is 0 Å². The Morgan fingerprint density at radius 2 is 1.73 bits per heavy atom. The fourth-order valence-corrected chi connectivity index (χ4v) is 1.80. The minimum atomic E-state index is 0.363. The third-order valence-corrected chi connectivity index (χ3v) is 2.37. The van der Waals surface area contributed by atoms with Gasteiger partial charge in [0.1, 0.15) is 0 Å². The molecule has 0 saturated heterocycles. The van der Waals surface area contributed by atoms with Crippen molar-refractivity contribution in [3.63, 3.8) is 0 Å². The molecule has 0 unspecified atom stereocenters. The SMILES string of the molecule is CC(C)/C=N/Nc1c(Cl)cc(Cl)cc1Cl. The third kappa shape index (κ3) is 3.90. The van der Waals surface area contributed by atoms with Gasteiger partial charge in [0.25, 0.3) is 0 Å². The van der Waals surface area contributed by atoms with E-state index in [1.165, 1.54) is 0 Å². The van der Waals surface area contributed by atoms with Crippen molar-refractivity contribution in [3.05, 3.63) is 27.2 Å². The first kappa shape index (κ1) is 12.6. The lowest BCUT2D eigenvalue weighted by molar-refractivity contribution is 0.904. The predicted molar refractivity (Wildman–Crippen MR) is 68.4 cm³/mol. The van der Waals surface area contributed by atoms with Crippen molar-refractivity contribution >= 4 is 46.7 Å². The maximum Gasteiger partial charge on any atom is 0.0935 e. The summed E-state index contributed by atoms with van der Waals surface area (Å²) in [5.41, 5.74) is 3.36. The van der Waals surface area contributed by atoms with E-state index in [4.69, 9.17) is 34.8 Å². The fraction of sp³-hybridized carbons (Fsp3) is 0.300. The van der Waals surface area contributed by atoms with Crippen molar-refractivity contribution in [1.29, 1.82) is 0 Å². The quantitative estimate of drug-likeness (QED) is 0.622. The summed E-state index contributed by atoms with van der Waals surface area (Å²) < 4.78 is 0. The summed E-state index contributed by atoms with van der Waals surface area (Å²) in [5.74, 6) is 0.363. The van der Waals surface area contributed by atoms with Crippen LogP contribution in [0, 0.1) is 5.92 Å². The third-order valence-electron chi connectivity index (χ3n) is 1.56. The monoisotopic (exact) mass is 264 g/mol. The molecule has 0 aliphatic heterocycles. The average molecular weight is 266 g/mol. The van der Waals surface area contributed by atoms with Crippen LogP contribution in [0.5, 0.6) is 0 Å². The molecule has 1 N–H and O–H groups in total. The van der Waals surface area contributed by atoms with Crippen LogP contribution in [0.1, 0.15) is 13.8 Å². The summed E-state index contributed by atoms with van der Waals surface area (Å²) in [6.45, 7) is 4.05. The molecular formula is C10H11Cl3N2. The lowest BCUT2D eigenvalue weighted by atomic mass is 10.3. The first-order valence-electron chi connectivity index (χ1n) is 4.44. The molecule has 1 aromatic carbocycles. The van der Waals surface area contributed by atoms with Crippen LogP contribution in [-0.4, -0.2) is 6.21 Å². The van der Waals surface area contributed by atoms with Crippen molar-refractivity contribution in [1.82, 2.24) is 0 Å². The van der Waals surface area contributed by atoms with Crippen LogP contribution in [0.25, 0.3) is 0 Å². The van der Waals surface area contributed by atoms with Gasteiger partial charge < -0.3 is 0 Å². The topological polar surface area (TPSA) is 24.4 Å². The summed E-state index contributed by atoms with van der Waals surface area (Å²) in [7, 11) is 0. The predicted octanol–water partition coefficient (Wildman–Crippen LogP) is 4.70. The summed E-state index contributed by atoms with van der Waals surface area (Å²) in [6.07, 6.45) is 1.77. The van der Waals surface area contributed by atoms with Gasteiger partial charge in [-0.15, -0.1) is 0 Å². The molecule has 0 aromatic heterocycles. The van der Waals surface area contributed by atoms with Crippen LogP contribution in [0.2, 0.25) is 15.1 Å².